The molecule has 0 aliphatic rings. The maximum absolute atomic E-state index is 12.5. The van der Waals surface area contributed by atoms with E-state index in [4.69, 9.17) is 5.11 Å². The van der Waals surface area contributed by atoms with E-state index in [1.54, 1.807) is 6.92 Å². The van der Waals surface area contributed by atoms with Crippen molar-refractivity contribution in [1.82, 2.24) is 9.80 Å². The van der Waals surface area contributed by atoms with Crippen LogP contribution in [0, 0.1) is 0 Å². The second-order valence-corrected chi connectivity index (χ2v) is 8.65. The monoisotopic (exact) mass is 492 g/mol. The van der Waals surface area contributed by atoms with Crippen LogP contribution in [0.5, 0.6) is 0 Å². The third-order valence-electron chi connectivity index (χ3n) is 5.74. The largest absolute Gasteiger partial charge is 1.00 e. The average molecular weight is 493 g/mol. The minimum atomic E-state index is -1.83. The molecule has 0 heterocycles. The van der Waals surface area contributed by atoms with E-state index in [9.17, 15) is 24.6 Å². The van der Waals surface area contributed by atoms with Crippen LogP contribution in [0.4, 0.5) is 9.59 Å². The van der Waals surface area contributed by atoms with Gasteiger partial charge in [0.15, 0.2) is 0 Å². The molecule has 0 aromatic carbocycles. The summed E-state index contributed by atoms with van der Waals surface area (Å²) in [6.45, 7) is 3.15. The first-order valence-electron chi connectivity index (χ1n) is 12.6. The van der Waals surface area contributed by atoms with Crippen LogP contribution < -0.4 is 34.7 Å². The summed E-state index contributed by atoms with van der Waals surface area (Å²) in [5.41, 5.74) is 0. The van der Waals surface area contributed by atoms with Crippen molar-refractivity contribution in [2.24, 2.45) is 0 Å². The smallest absolute Gasteiger partial charge is 0.529 e. The van der Waals surface area contributed by atoms with Gasteiger partial charge in [-0.2, -0.15) is 0 Å². The van der Waals surface area contributed by atoms with Crippen molar-refractivity contribution in [2.75, 3.05) is 19.7 Å². The van der Waals surface area contributed by atoms with Gasteiger partial charge >= 0.3 is 35.7 Å². The van der Waals surface area contributed by atoms with E-state index in [-0.39, 0.29) is 53.5 Å². The van der Waals surface area contributed by atoms with Crippen LogP contribution in [0.25, 0.3) is 0 Å². The molecular formula is C25H45N2NaO6. The molecule has 0 fully saturated rings. The summed E-state index contributed by atoms with van der Waals surface area (Å²) < 4.78 is 0. The fraction of sp³-hybridized carbons (Fsp3) is 0.800. The second-order valence-electron chi connectivity index (χ2n) is 8.65. The Hall–Kier alpha value is -1.09. The molecule has 0 rings (SSSR count). The molecule has 1 atom stereocenters. The van der Waals surface area contributed by atoms with Crippen molar-refractivity contribution < 1.29 is 59.3 Å². The van der Waals surface area contributed by atoms with Gasteiger partial charge in [-0.3, -0.25) is 9.69 Å². The second kappa shape index (κ2) is 23.6. The standard InChI is InChI=1S/C25H46N2O6.Na/c1-3-4-5-6-7-8-9-10-11-12-13-14-15-16-17-18-23(29)26(19-20-28)22(2)21-27(24(30)31)25(32)33;/h10-11,22,28H,3-9,12-21H2,1-2H3,(H,30,31)(H,32,33);/q;+1/p-1/b11-10-;. The average Bonchev–Trinajstić information content (AvgIpc) is 2.77. The molecule has 0 bridgehead atoms. The van der Waals surface area contributed by atoms with Gasteiger partial charge in [-0.15, -0.1) is 0 Å². The maximum atomic E-state index is 12.5. The number of carbonyl (C=O) groups excluding carboxylic acids is 2. The third-order valence-corrected chi connectivity index (χ3v) is 5.74. The van der Waals surface area contributed by atoms with Crippen molar-refractivity contribution >= 4 is 18.1 Å². The first-order valence-corrected chi connectivity index (χ1v) is 12.6. The SMILES string of the molecule is CCCCCCCC/C=C\CCCCCCCC(=O)N(CCO)C(C)CN(C(=O)[O-])C(=O)O.[Na+]. The molecule has 1 unspecified atom stereocenters. The number of hydrogen-bond acceptors (Lipinski definition) is 5. The van der Waals surface area contributed by atoms with Crippen LogP contribution in [-0.4, -0.2) is 63.8 Å². The zero-order valence-corrected chi connectivity index (χ0v) is 23.7. The number of unbranched alkanes of at least 4 members (excludes halogenated alkanes) is 11. The van der Waals surface area contributed by atoms with E-state index in [0.29, 0.717) is 12.8 Å². The van der Waals surface area contributed by atoms with Crippen LogP contribution in [0.2, 0.25) is 0 Å². The molecule has 2 N–H and O–H groups in total. The molecule has 0 saturated heterocycles. The topological polar surface area (TPSA) is 121 Å². The number of aliphatic hydroxyl groups is 1. The Bertz CT molecular complexity index is 560. The number of nitrogens with zero attached hydrogens (tertiary/aromatic N) is 2. The van der Waals surface area contributed by atoms with Gasteiger partial charge in [-0.25, -0.2) is 4.79 Å². The molecule has 0 aromatic rings. The quantitative estimate of drug-likeness (QED) is 0.151. The number of amides is 3. The summed E-state index contributed by atoms with van der Waals surface area (Å²) in [5.74, 6) is -0.210. The van der Waals surface area contributed by atoms with E-state index in [1.165, 1.54) is 49.8 Å². The van der Waals surface area contributed by atoms with E-state index in [0.717, 1.165) is 32.1 Å². The molecule has 34 heavy (non-hydrogen) atoms. The zero-order valence-electron chi connectivity index (χ0n) is 21.7. The van der Waals surface area contributed by atoms with Crippen LogP contribution in [0.15, 0.2) is 12.2 Å². The van der Waals surface area contributed by atoms with Crippen molar-refractivity contribution in [2.45, 2.75) is 110 Å². The predicted molar refractivity (Wildman–Crippen MR) is 128 cm³/mol. The molecular weight excluding hydrogens is 447 g/mol. The van der Waals surface area contributed by atoms with E-state index >= 15 is 0 Å². The van der Waals surface area contributed by atoms with E-state index in [2.05, 4.69) is 19.1 Å². The van der Waals surface area contributed by atoms with Crippen molar-refractivity contribution in [3.05, 3.63) is 12.2 Å². The van der Waals surface area contributed by atoms with Crippen molar-refractivity contribution in [3.63, 3.8) is 0 Å². The Balaban J connectivity index is 0. The molecule has 192 valence electrons. The van der Waals surface area contributed by atoms with Crippen molar-refractivity contribution in [3.8, 4) is 0 Å². The van der Waals surface area contributed by atoms with E-state index < -0.39 is 24.8 Å². The van der Waals surface area contributed by atoms with Gasteiger partial charge in [0, 0.05) is 19.0 Å². The van der Waals surface area contributed by atoms with Gasteiger partial charge in [0.1, 0.15) is 6.09 Å². The minimum Gasteiger partial charge on any atom is -0.529 e. The molecule has 0 saturated carbocycles. The Labute approximate surface area is 228 Å². The number of rotatable bonds is 20. The first-order chi connectivity index (χ1) is 15.8. The molecule has 8 nitrogen and oxygen atoms in total. The van der Waals surface area contributed by atoms with E-state index in [1.807, 2.05) is 0 Å². The normalized spacial score (nSPS) is 11.7. The fourth-order valence-corrected chi connectivity index (χ4v) is 3.78. The Morgan fingerprint density at radius 3 is 1.85 bits per heavy atom. The number of imide groups is 1. The third kappa shape index (κ3) is 18.3. The minimum absolute atomic E-state index is 0. The molecule has 0 spiro atoms. The van der Waals surface area contributed by atoms with Gasteiger partial charge in [0.2, 0.25) is 5.91 Å². The van der Waals surface area contributed by atoms with Gasteiger partial charge < -0.3 is 25.0 Å². The van der Waals surface area contributed by atoms with Crippen LogP contribution in [0.3, 0.4) is 0 Å². The van der Waals surface area contributed by atoms with Gasteiger partial charge in [-0.05, 0) is 39.0 Å². The van der Waals surface area contributed by atoms with Crippen LogP contribution in [0.1, 0.15) is 104 Å². The number of allylic oxidation sites excluding steroid dienone is 2. The Morgan fingerprint density at radius 1 is 0.882 bits per heavy atom. The summed E-state index contributed by atoms with van der Waals surface area (Å²) in [6, 6.07) is -0.679. The van der Waals surface area contributed by atoms with Crippen molar-refractivity contribution in [1.29, 1.82) is 0 Å². The zero-order chi connectivity index (χ0) is 24.9. The molecule has 3 amide bonds. The number of carboxylic acid groups (broad SMARTS) is 2. The number of hydrogen-bond donors (Lipinski definition) is 2. The van der Waals surface area contributed by atoms with Crippen LogP contribution in [-0.2, 0) is 4.79 Å². The summed E-state index contributed by atoms with van der Waals surface area (Å²) in [5, 5.41) is 29.1. The first kappa shape index (κ1) is 35.1. The van der Waals surface area contributed by atoms with Gasteiger partial charge in [0.25, 0.3) is 0 Å². The summed E-state index contributed by atoms with van der Waals surface area (Å²) in [6.07, 6.45) is 16.5. The molecule has 0 aromatic heterocycles. The number of carbonyl (C=O) groups is 3. The molecule has 0 radical (unpaired) electrons. The summed E-state index contributed by atoms with van der Waals surface area (Å²) >= 11 is 0. The summed E-state index contributed by atoms with van der Waals surface area (Å²) in [4.78, 5) is 35.9. The Kier molecular flexibility index (Phi) is 24.4. The van der Waals surface area contributed by atoms with Crippen LogP contribution >= 0.6 is 0 Å². The van der Waals surface area contributed by atoms with Gasteiger partial charge in [0.05, 0.1) is 13.2 Å². The number of aliphatic hydroxyl groups excluding tert-OH is 1. The molecule has 0 aliphatic carbocycles. The maximum Gasteiger partial charge on any atom is 1.00 e. The van der Waals surface area contributed by atoms with Gasteiger partial charge in [-0.1, -0.05) is 70.4 Å². The fourth-order valence-electron chi connectivity index (χ4n) is 3.78. The predicted octanol–water partition coefficient (Wildman–Crippen LogP) is 1.56. The molecule has 9 heteroatoms. The molecule has 0 aliphatic heterocycles. The summed E-state index contributed by atoms with van der Waals surface area (Å²) in [7, 11) is 0. The Morgan fingerprint density at radius 2 is 1.38 bits per heavy atom.